The number of carbonyl (C=O) groups is 1. The zero-order valence-electron chi connectivity index (χ0n) is 14.7. The molecular formula is C17H23ClN4O2S. The van der Waals surface area contributed by atoms with E-state index < -0.39 is 6.09 Å². The molecule has 136 valence electrons. The highest BCUT2D eigenvalue weighted by atomic mass is 35.5. The predicted molar refractivity (Wildman–Crippen MR) is 106 cm³/mol. The van der Waals surface area contributed by atoms with Gasteiger partial charge < -0.3 is 10.0 Å². The van der Waals surface area contributed by atoms with Gasteiger partial charge in [-0.1, -0.05) is 6.07 Å². The van der Waals surface area contributed by atoms with Gasteiger partial charge in [0.2, 0.25) is 0 Å². The average Bonchev–Trinajstić information content (AvgIpc) is 2.95. The predicted octanol–water partition coefficient (Wildman–Crippen LogP) is 4.47. The number of nitrogens with zero attached hydrogens (tertiary/aromatic N) is 3. The van der Waals surface area contributed by atoms with Gasteiger partial charge in [-0.05, 0) is 43.5 Å². The first-order chi connectivity index (χ1) is 11.4. The number of rotatable bonds is 6. The summed E-state index contributed by atoms with van der Waals surface area (Å²) >= 11 is 1.45. The van der Waals surface area contributed by atoms with Gasteiger partial charge in [0.15, 0.2) is 0 Å². The van der Waals surface area contributed by atoms with Crippen molar-refractivity contribution in [1.82, 2.24) is 9.88 Å². The number of nitrogens with one attached hydrogen (secondary N) is 1. The van der Waals surface area contributed by atoms with E-state index in [0.717, 1.165) is 28.4 Å². The van der Waals surface area contributed by atoms with E-state index in [1.165, 1.54) is 16.9 Å². The van der Waals surface area contributed by atoms with Crippen LogP contribution in [-0.2, 0) is 6.42 Å². The lowest BCUT2D eigenvalue weighted by Gasteiger charge is -2.11. The zero-order chi connectivity index (χ0) is 17.7. The summed E-state index contributed by atoms with van der Waals surface area (Å²) in [5.74, 6) is 0.376. The van der Waals surface area contributed by atoms with Crippen molar-refractivity contribution in [2.45, 2.75) is 27.2 Å². The topological polar surface area (TPSA) is 77.8 Å². The minimum Gasteiger partial charge on any atom is -0.465 e. The maximum absolute atomic E-state index is 10.6. The second kappa shape index (κ2) is 9.39. The van der Waals surface area contributed by atoms with Crippen molar-refractivity contribution in [2.75, 3.05) is 18.9 Å². The van der Waals surface area contributed by atoms with Gasteiger partial charge in [0.1, 0.15) is 5.82 Å². The van der Waals surface area contributed by atoms with Crippen LogP contribution >= 0.6 is 23.7 Å². The molecule has 1 heterocycles. The maximum Gasteiger partial charge on any atom is 0.410 e. The molecule has 8 heteroatoms. The molecule has 0 saturated carbocycles. The lowest BCUT2D eigenvalue weighted by Crippen LogP contribution is -2.14. The Hall–Kier alpha value is -2.12. The molecule has 0 aliphatic carbocycles. The van der Waals surface area contributed by atoms with E-state index in [1.807, 2.05) is 25.2 Å². The van der Waals surface area contributed by atoms with Crippen molar-refractivity contribution in [3.05, 3.63) is 39.2 Å². The number of hydrogen-bond acceptors (Lipinski definition) is 4. The van der Waals surface area contributed by atoms with Crippen molar-refractivity contribution < 1.29 is 9.90 Å². The fourth-order valence-corrected chi connectivity index (χ4v) is 2.90. The molecular weight excluding hydrogens is 360 g/mol. The van der Waals surface area contributed by atoms with Gasteiger partial charge in [0.05, 0.1) is 17.0 Å². The molecule has 0 aliphatic rings. The van der Waals surface area contributed by atoms with Crippen LogP contribution < -0.4 is 5.32 Å². The first-order valence-electron chi connectivity index (χ1n) is 7.68. The summed E-state index contributed by atoms with van der Waals surface area (Å²) in [4.78, 5) is 21.5. The SMILES string of the molecule is CCN(C)/C=N/c1cc(C)c(Cc2nc(NC(=O)O)cs2)cc1C.Cl. The number of anilines is 1. The number of aromatic nitrogens is 1. The number of halogens is 1. The van der Waals surface area contributed by atoms with Crippen LogP contribution in [0.15, 0.2) is 22.5 Å². The third-order valence-electron chi connectivity index (χ3n) is 3.68. The third-order valence-corrected chi connectivity index (χ3v) is 4.52. The van der Waals surface area contributed by atoms with Crippen molar-refractivity contribution in [3.63, 3.8) is 0 Å². The van der Waals surface area contributed by atoms with E-state index in [1.54, 1.807) is 5.38 Å². The zero-order valence-corrected chi connectivity index (χ0v) is 16.4. The Bertz CT molecular complexity index is 761. The summed E-state index contributed by atoms with van der Waals surface area (Å²) in [7, 11) is 1.99. The van der Waals surface area contributed by atoms with Crippen LogP contribution in [0.25, 0.3) is 0 Å². The molecule has 0 fully saturated rings. The molecule has 0 radical (unpaired) electrons. The second-order valence-electron chi connectivity index (χ2n) is 5.62. The molecule has 25 heavy (non-hydrogen) atoms. The molecule has 1 amide bonds. The Morgan fingerprint density at radius 3 is 2.76 bits per heavy atom. The molecule has 2 rings (SSSR count). The van der Waals surface area contributed by atoms with Crippen LogP contribution in [0.3, 0.4) is 0 Å². The number of amides is 1. The van der Waals surface area contributed by atoms with Crippen LogP contribution in [-0.4, -0.2) is 41.0 Å². The van der Waals surface area contributed by atoms with E-state index in [9.17, 15) is 4.79 Å². The molecule has 1 aromatic heterocycles. The fraction of sp³-hybridized carbons (Fsp3) is 0.353. The van der Waals surface area contributed by atoms with Crippen LogP contribution in [0.2, 0.25) is 0 Å². The lowest BCUT2D eigenvalue weighted by molar-refractivity contribution is 0.209. The lowest BCUT2D eigenvalue weighted by atomic mass is 10.0. The normalized spacial score (nSPS) is 10.6. The molecule has 2 N–H and O–H groups in total. The number of aliphatic imine (C=N–C) groups is 1. The van der Waals surface area contributed by atoms with Crippen molar-refractivity contribution in [1.29, 1.82) is 0 Å². The summed E-state index contributed by atoms with van der Waals surface area (Å²) in [5, 5.41) is 13.6. The van der Waals surface area contributed by atoms with Gasteiger partial charge in [-0.15, -0.1) is 23.7 Å². The largest absolute Gasteiger partial charge is 0.465 e. The quantitative estimate of drug-likeness (QED) is 0.570. The van der Waals surface area contributed by atoms with Gasteiger partial charge in [-0.2, -0.15) is 0 Å². The molecule has 6 nitrogen and oxygen atoms in total. The molecule has 0 saturated heterocycles. The Labute approximate surface area is 158 Å². The maximum atomic E-state index is 10.6. The minimum atomic E-state index is -1.10. The number of aryl methyl sites for hydroxylation is 2. The van der Waals surface area contributed by atoms with Crippen LogP contribution in [0.1, 0.15) is 28.6 Å². The first-order valence-corrected chi connectivity index (χ1v) is 8.56. The highest BCUT2D eigenvalue weighted by molar-refractivity contribution is 7.10. The van der Waals surface area contributed by atoms with Crippen LogP contribution in [0, 0.1) is 13.8 Å². The van der Waals surface area contributed by atoms with E-state index in [0.29, 0.717) is 12.2 Å². The Kier molecular flexibility index (Phi) is 7.86. The highest BCUT2D eigenvalue weighted by Crippen LogP contribution is 2.26. The number of benzene rings is 1. The Morgan fingerprint density at radius 1 is 1.40 bits per heavy atom. The molecule has 1 aromatic carbocycles. The minimum absolute atomic E-state index is 0. The fourth-order valence-electron chi connectivity index (χ4n) is 2.15. The third kappa shape index (κ3) is 6.03. The Morgan fingerprint density at radius 2 is 2.12 bits per heavy atom. The van der Waals surface area contributed by atoms with Crippen molar-refractivity contribution in [2.24, 2.45) is 4.99 Å². The molecule has 0 spiro atoms. The standard InChI is InChI=1S/C17H22N4O2S.ClH/c1-5-21(4)10-18-14-7-11(2)13(6-12(14)3)8-16-19-15(9-24-16)20-17(22)23;/h6-7,9-10,20H,5,8H2,1-4H3,(H,22,23);1H/b18-10+;. The van der Waals surface area contributed by atoms with Gasteiger partial charge in [0, 0.05) is 25.4 Å². The van der Waals surface area contributed by atoms with Crippen molar-refractivity contribution in [3.8, 4) is 0 Å². The second-order valence-corrected chi connectivity index (χ2v) is 6.56. The molecule has 0 atom stereocenters. The monoisotopic (exact) mass is 382 g/mol. The van der Waals surface area contributed by atoms with Crippen LogP contribution in [0.4, 0.5) is 16.3 Å². The highest BCUT2D eigenvalue weighted by Gasteiger charge is 2.09. The molecule has 0 bridgehead atoms. The number of thiazole rings is 1. The van der Waals surface area contributed by atoms with Gasteiger partial charge in [-0.25, -0.2) is 14.8 Å². The van der Waals surface area contributed by atoms with E-state index in [2.05, 4.69) is 41.3 Å². The summed E-state index contributed by atoms with van der Waals surface area (Å²) in [6.07, 6.45) is 1.42. The smallest absolute Gasteiger partial charge is 0.410 e. The molecule has 0 unspecified atom stereocenters. The van der Waals surface area contributed by atoms with Gasteiger partial charge >= 0.3 is 6.09 Å². The van der Waals surface area contributed by atoms with E-state index in [4.69, 9.17) is 5.11 Å². The van der Waals surface area contributed by atoms with Gasteiger partial charge in [0.25, 0.3) is 0 Å². The van der Waals surface area contributed by atoms with Crippen molar-refractivity contribution >= 4 is 47.7 Å². The van der Waals surface area contributed by atoms with E-state index in [-0.39, 0.29) is 12.4 Å². The summed E-state index contributed by atoms with van der Waals surface area (Å²) < 4.78 is 0. The number of carboxylic acid groups (broad SMARTS) is 1. The molecule has 2 aromatic rings. The number of hydrogen-bond donors (Lipinski definition) is 2. The van der Waals surface area contributed by atoms with E-state index >= 15 is 0 Å². The van der Waals surface area contributed by atoms with Crippen LogP contribution in [0.5, 0.6) is 0 Å². The summed E-state index contributed by atoms with van der Waals surface area (Å²) in [6.45, 7) is 7.09. The average molecular weight is 383 g/mol. The summed E-state index contributed by atoms with van der Waals surface area (Å²) in [6, 6.07) is 4.20. The summed E-state index contributed by atoms with van der Waals surface area (Å²) in [5.41, 5.74) is 4.39. The molecule has 0 aliphatic heterocycles. The first kappa shape index (κ1) is 20.9. The Balaban J connectivity index is 0.00000312. The van der Waals surface area contributed by atoms with Gasteiger partial charge in [-0.3, -0.25) is 5.32 Å².